The van der Waals surface area contributed by atoms with Gasteiger partial charge in [-0.15, -0.1) is 0 Å². The summed E-state index contributed by atoms with van der Waals surface area (Å²) in [7, 11) is 7.52. The van der Waals surface area contributed by atoms with E-state index in [1.807, 2.05) is 38.1 Å². The molecule has 0 unspecified atom stereocenters. The number of carbonyl (C=O) groups excluding carboxylic acids is 2. The first-order chi connectivity index (χ1) is 26.7. The van der Waals surface area contributed by atoms with Crippen molar-refractivity contribution in [3.8, 4) is 33.8 Å². The number of aromatic nitrogens is 4. The van der Waals surface area contributed by atoms with Gasteiger partial charge in [0, 0.05) is 106 Å². The van der Waals surface area contributed by atoms with Crippen LogP contribution in [0.25, 0.3) is 44.1 Å². The van der Waals surface area contributed by atoms with Gasteiger partial charge in [0.15, 0.2) is 11.6 Å². The van der Waals surface area contributed by atoms with E-state index in [4.69, 9.17) is 19.4 Å². The van der Waals surface area contributed by atoms with E-state index in [-0.39, 0.29) is 11.6 Å². The molecule has 0 bridgehead atoms. The SMILES string of the molecule is COc1ccc2c3c(c(NCCN(C)CCCN(C)CCNc4nc5c(C)c(OC)ccc5c5c4C(=O)c4ccncc4-5)nc2c1C)C(=O)c1ccncc1-3. The van der Waals surface area contributed by atoms with Crippen molar-refractivity contribution < 1.29 is 19.1 Å². The summed E-state index contributed by atoms with van der Waals surface area (Å²) in [5.41, 5.74) is 9.40. The number of hydrogen-bond donors (Lipinski definition) is 2. The average Bonchev–Trinajstić information content (AvgIpc) is 3.67. The highest BCUT2D eigenvalue weighted by molar-refractivity contribution is 6.29. The van der Waals surface area contributed by atoms with E-state index >= 15 is 0 Å². The van der Waals surface area contributed by atoms with Crippen LogP contribution in [0.3, 0.4) is 0 Å². The second kappa shape index (κ2) is 14.7. The number of pyridine rings is 4. The average molecular weight is 737 g/mol. The maximum Gasteiger partial charge on any atom is 0.198 e. The molecule has 0 amide bonds. The number of rotatable bonds is 14. The second-order valence-corrected chi connectivity index (χ2v) is 14.3. The highest BCUT2D eigenvalue weighted by Crippen LogP contribution is 2.46. The minimum Gasteiger partial charge on any atom is -0.496 e. The molecule has 0 fully saturated rings. The minimum atomic E-state index is -0.0335. The molecule has 6 aromatic rings. The van der Waals surface area contributed by atoms with E-state index in [2.05, 4.69) is 44.5 Å². The molecule has 2 aliphatic rings. The number of methoxy groups -OCH3 is 2. The Morgan fingerprint density at radius 3 is 1.44 bits per heavy atom. The highest BCUT2D eigenvalue weighted by atomic mass is 16.5. The van der Waals surface area contributed by atoms with Crippen LogP contribution in [0.2, 0.25) is 0 Å². The zero-order valence-electron chi connectivity index (χ0n) is 32.0. The Labute approximate surface area is 319 Å². The molecular formula is C43H44N8O4. The zero-order valence-corrected chi connectivity index (χ0v) is 32.0. The van der Waals surface area contributed by atoms with Crippen molar-refractivity contribution in [3.63, 3.8) is 0 Å². The molecule has 4 aromatic heterocycles. The molecule has 0 aliphatic heterocycles. The summed E-state index contributed by atoms with van der Waals surface area (Å²) < 4.78 is 11.2. The molecule has 4 heterocycles. The van der Waals surface area contributed by atoms with Crippen molar-refractivity contribution in [2.24, 2.45) is 0 Å². The Bertz CT molecular complexity index is 2350. The zero-order chi connectivity index (χ0) is 38.4. The van der Waals surface area contributed by atoms with Crippen LogP contribution in [-0.4, -0.2) is 109 Å². The van der Waals surface area contributed by atoms with Gasteiger partial charge in [0.2, 0.25) is 0 Å². The highest BCUT2D eigenvalue weighted by Gasteiger charge is 2.34. The first-order valence-corrected chi connectivity index (χ1v) is 18.6. The third-order valence-electron chi connectivity index (χ3n) is 10.9. The third kappa shape index (κ3) is 6.21. The molecule has 12 heteroatoms. The molecule has 2 aromatic carbocycles. The quantitative estimate of drug-likeness (QED) is 0.128. The van der Waals surface area contributed by atoms with Crippen LogP contribution in [0.15, 0.2) is 61.2 Å². The molecular weight excluding hydrogens is 693 g/mol. The fourth-order valence-electron chi connectivity index (χ4n) is 8.01. The number of anilines is 2. The van der Waals surface area contributed by atoms with Gasteiger partial charge in [-0.1, -0.05) is 0 Å². The predicted molar refractivity (Wildman–Crippen MR) is 216 cm³/mol. The Hall–Kier alpha value is -5.98. The van der Waals surface area contributed by atoms with Gasteiger partial charge in [0.05, 0.1) is 36.4 Å². The van der Waals surface area contributed by atoms with Gasteiger partial charge in [-0.3, -0.25) is 19.6 Å². The molecule has 0 atom stereocenters. The van der Waals surface area contributed by atoms with Gasteiger partial charge in [0.25, 0.3) is 0 Å². The van der Waals surface area contributed by atoms with Crippen molar-refractivity contribution in [3.05, 3.63) is 94.6 Å². The van der Waals surface area contributed by atoms with Crippen LogP contribution in [0.4, 0.5) is 11.6 Å². The number of ketones is 2. The Balaban J connectivity index is 0.884. The molecule has 280 valence electrons. The van der Waals surface area contributed by atoms with E-state index < -0.39 is 0 Å². The number of likely N-dealkylation sites (N-methyl/N-ethyl adjacent to an activating group) is 2. The molecule has 12 nitrogen and oxygen atoms in total. The van der Waals surface area contributed by atoms with Crippen LogP contribution in [-0.2, 0) is 0 Å². The predicted octanol–water partition coefficient (Wildman–Crippen LogP) is 6.41. The van der Waals surface area contributed by atoms with E-state index in [1.165, 1.54) is 0 Å². The van der Waals surface area contributed by atoms with Crippen molar-refractivity contribution in [2.45, 2.75) is 20.3 Å². The van der Waals surface area contributed by atoms with Gasteiger partial charge in [-0.25, -0.2) is 9.97 Å². The van der Waals surface area contributed by atoms with Gasteiger partial charge in [-0.05, 0) is 83.9 Å². The molecule has 8 rings (SSSR count). The summed E-state index contributed by atoms with van der Waals surface area (Å²) in [6.45, 7) is 8.58. The Morgan fingerprint density at radius 2 is 1.02 bits per heavy atom. The second-order valence-electron chi connectivity index (χ2n) is 14.3. The molecule has 0 saturated heterocycles. The Morgan fingerprint density at radius 1 is 0.582 bits per heavy atom. The molecule has 0 spiro atoms. The number of carbonyl (C=O) groups is 2. The fourth-order valence-corrected chi connectivity index (χ4v) is 8.01. The first-order valence-electron chi connectivity index (χ1n) is 18.6. The number of hydrogen-bond acceptors (Lipinski definition) is 12. The summed E-state index contributed by atoms with van der Waals surface area (Å²) in [4.78, 5) is 50.5. The van der Waals surface area contributed by atoms with E-state index in [0.717, 1.165) is 99.3 Å². The van der Waals surface area contributed by atoms with E-state index in [0.29, 0.717) is 47.0 Å². The molecule has 55 heavy (non-hydrogen) atoms. The van der Waals surface area contributed by atoms with Gasteiger partial charge < -0.3 is 29.9 Å². The molecule has 2 N–H and O–H groups in total. The first kappa shape index (κ1) is 36.0. The normalized spacial score (nSPS) is 12.7. The largest absolute Gasteiger partial charge is 0.496 e. The van der Waals surface area contributed by atoms with Gasteiger partial charge >= 0.3 is 0 Å². The van der Waals surface area contributed by atoms with Crippen molar-refractivity contribution in [2.75, 3.05) is 78.2 Å². The van der Waals surface area contributed by atoms with Crippen LogP contribution < -0.4 is 20.1 Å². The number of nitrogens with zero attached hydrogens (tertiary/aromatic N) is 6. The lowest BCUT2D eigenvalue weighted by Crippen LogP contribution is -2.31. The van der Waals surface area contributed by atoms with Crippen LogP contribution in [0, 0.1) is 13.8 Å². The summed E-state index contributed by atoms with van der Waals surface area (Å²) in [6, 6.07) is 11.4. The topological polar surface area (TPSA) is 135 Å². The standard InChI is InChI=1S/C43H44N8O4/c1-24-32(54-5)10-8-28-34-30-22-44-14-12-26(30)40(52)36(34)42(48-38(24)28)46-16-20-50(3)18-7-19-51(4)21-17-47-43-37-35(31-23-45-15-13-27(31)41(37)53)29-9-11-33(55-6)25(2)39(29)49-43/h8-15,22-23H,7,16-21H2,1-6H3,(H,46,48)(H,47,49). The van der Waals surface area contributed by atoms with Crippen molar-refractivity contribution in [1.29, 1.82) is 0 Å². The maximum atomic E-state index is 13.6. The number of nitrogens with one attached hydrogen (secondary N) is 2. The summed E-state index contributed by atoms with van der Waals surface area (Å²) in [5, 5.41) is 8.82. The maximum absolute atomic E-state index is 13.6. The smallest absolute Gasteiger partial charge is 0.198 e. The summed E-state index contributed by atoms with van der Waals surface area (Å²) >= 11 is 0. The molecule has 0 radical (unpaired) electrons. The summed E-state index contributed by atoms with van der Waals surface area (Å²) in [5.74, 6) is 2.62. The van der Waals surface area contributed by atoms with E-state index in [1.54, 1.807) is 51.1 Å². The lowest BCUT2D eigenvalue weighted by atomic mass is 9.99. The lowest BCUT2D eigenvalue weighted by Gasteiger charge is -2.21. The Kier molecular flexibility index (Phi) is 9.62. The summed E-state index contributed by atoms with van der Waals surface area (Å²) in [6.07, 6.45) is 7.83. The lowest BCUT2D eigenvalue weighted by molar-refractivity contribution is 0.103. The minimum absolute atomic E-state index is 0.0335. The van der Waals surface area contributed by atoms with E-state index in [9.17, 15) is 9.59 Å². The van der Waals surface area contributed by atoms with Crippen LogP contribution in [0.5, 0.6) is 11.5 Å². The van der Waals surface area contributed by atoms with Crippen LogP contribution in [0.1, 0.15) is 49.4 Å². The van der Waals surface area contributed by atoms with Crippen molar-refractivity contribution >= 4 is 45.0 Å². The van der Waals surface area contributed by atoms with Crippen molar-refractivity contribution in [1.82, 2.24) is 29.7 Å². The molecule has 2 aliphatic carbocycles. The van der Waals surface area contributed by atoms with Gasteiger partial charge in [0.1, 0.15) is 23.1 Å². The number of aryl methyl sites for hydroxylation is 2. The number of ether oxygens (including phenoxy) is 2. The monoisotopic (exact) mass is 736 g/mol. The fraction of sp³-hybridized carbons (Fsp3) is 0.302. The molecule has 0 saturated carbocycles. The third-order valence-corrected chi connectivity index (χ3v) is 10.9. The number of fused-ring (bicyclic) bond motifs is 10. The van der Waals surface area contributed by atoms with Gasteiger partial charge in [-0.2, -0.15) is 0 Å². The number of benzene rings is 2. The van der Waals surface area contributed by atoms with Crippen LogP contribution >= 0.6 is 0 Å².